The zero-order valence-electron chi connectivity index (χ0n) is 21.4. The Labute approximate surface area is 213 Å². The molecule has 7 heteroatoms. The van der Waals surface area contributed by atoms with E-state index in [1.54, 1.807) is 4.90 Å². The topological polar surface area (TPSA) is 87.2 Å². The molecule has 7 nitrogen and oxygen atoms in total. The van der Waals surface area contributed by atoms with Crippen LogP contribution < -0.4 is 0 Å². The van der Waals surface area contributed by atoms with E-state index in [1.807, 2.05) is 86.3 Å². The van der Waals surface area contributed by atoms with Gasteiger partial charge in [-0.1, -0.05) is 60.7 Å². The van der Waals surface area contributed by atoms with Crippen molar-refractivity contribution in [3.05, 3.63) is 71.8 Å². The van der Waals surface area contributed by atoms with Crippen LogP contribution in [-0.2, 0) is 19.7 Å². The molecule has 2 aliphatic heterocycles. The van der Waals surface area contributed by atoms with Crippen LogP contribution in [0, 0.1) is 0 Å². The maximum absolute atomic E-state index is 13.8. The number of ether oxygens (including phenoxy) is 1. The molecule has 1 unspecified atom stereocenters. The van der Waals surface area contributed by atoms with Gasteiger partial charge >= 0.3 is 12.1 Å². The molecule has 2 aromatic carbocycles. The van der Waals surface area contributed by atoms with E-state index in [0.717, 1.165) is 19.3 Å². The van der Waals surface area contributed by atoms with E-state index in [4.69, 9.17) is 4.74 Å². The molecule has 0 saturated carbocycles. The number of carboxylic acid groups (broad SMARTS) is 1. The van der Waals surface area contributed by atoms with Gasteiger partial charge in [-0.25, -0.2) is 4.79 Å². The van der Waals surface area contributed by atoms with Crippen molar-refractivity contribution < 1.29 is 24.2 Å². The number of carbonyl (C=O) groups is 3. The van der Waals surface area contributed by atoms with Crippen LogP contribution in [0.25, 0.3) is 0 Å². The molecule has 2 heterocycles. The number of carboxylic acids is 1. The number of carbonyl (C=O) groups excluding carboxylic acids is 2. The van der Waals surface area contributed by atoms with Gasteiger partial charge in [0.1, 0.15) is 17.1 Å². The largest absolute Gasteiger partial charge is 0.480 e. The van der Waals surface area contributed by atoms with Crippen LogP contribution in [0.5, 0.6) is 0 Å². The lowest BCUT2D eigenvalue weighted by atomic mass is 9.70. The Morgan fingerprint density at radius 1 is 0.861 bits per heavy atom. The van der Waals surface area contributed by atoms with Gasteiger partial charge in [0.05, 0.1) is 0 Å². The number of hydrogen-bond acceptors (Lipinski definition) is 4. The Kier molecular flexibility index (Phi) is 7.38. The van der Waals surface area contributed by atoms with E-state index in [-0.39, 0.29) is 18.4 Å². The summed E-state index contributed by atoms with van der Waals surface area (Å²) in [6.07, 6.45) is 2.64. The van der Waals surface area contributed by atoms with E-state index >= 15 is 0 Å². The van der Waals surface area contributed by atoms with Crippen molar-refractivity contribution in [1.82, 2.24) is 9.80 Å². The highest BCUT2D eigenvalue weighted by Crippen LogP contribution is 2.41. The summed E-state index contributed by atoms with van der Waals surface area (Å²) in [7, 11) is 0. The highest BCUT2D eigenvalue weighted by molar-refractivity contribution is 5.88. The zero-order valence-corrected chi connectivity index (χ0v) is 21.4. The van der Waals surface area contributed by atoms with E-state index in [9.17, 15) is 19.5 Å². The summed E-state index contributed by atoms with van der Waals surface area (Å²) in [6, 6.07) is 17.7. The number of rotatable bonds is 6. The molecule has 0 aromatic heterocycles. The Bertz CT molecular complexity index is 1040. The van der Waals surface area contributed by atoms with Crippen molar-refractivity contribution in [3.63, 3.8) is 0 Å². The Morgan fingerprint density at radius 3 is 1.92 bits per heavy atom. The first-order valence-corrected chi connectivity index (χ1v) is 12.8. The quantitative estimate of drug-likeness (QED) is 0.624. The normalized spacial score (nSPS) is 20.4. The summed E-state index contributed by atoms with van der Waals surface area (Å²) >= 11 is 0. The first-order valence-electron chi connectivity index (χ1n) is 12.8. The molecule has 4 rings (SSSR count). The lowest BCUT2D eigenvalue weighted by molar-refractivity contribution is -0.144. The van der Waals surface area contributed by atoms with Gasteiger partial charge in [0, 0.05) is 19.1 Å². The minimum Gasteiger partial charge on any atom is -0.480 e. The summed E-state index contributed by atoms with van der Waals surface area (Å²) in [6.45, 7) is 6.48. The van der Waals surface area contributed by atoms with Crippen LogP contribution in [0.2, 0.25) is 0 Å². The molecular weight excluding hydrogens is 456 g/mol. The maximum Gasteiger partial charge on any atom is 0.410 e. The lowest BCUT2D eigenvalue weighted by Crippen LogP contribution is -2.52. The van der Waals surface area contributed by atoms with E-state index < -0.39 is 29.1 Å². The van der Waals surface area contributed by atoms with Gasteiger partial charge in [-0.15, -0.1) is 0 Å². The van der Waals surface area contributed by atoms with Crippen LogP contribution in [-0.4, -0.2) is 63.7 Å². The fraction of sp³-hybridized carbons (Fsp3) is 0.483. The third-order valence-corrected chi connectivity index (χ3v) is 7.27. The average Bonchev–Trinajstić information content (AvgIpc) is 3.52. The molecule has 0 radical (unpaired) electrons. The number of amides is 2. The predicted octanol–water partition coefficient (Wildman–Crippen LogP) is 4.84. The second-order valence-electron chi connectivity index (χ2n) is 10.8. The average molecular weight is 493 g/mol. The highest BCUT2D eigenvalue weighted by atomic mass is 16.6. The predicted molar refractivity (Wildman–Crippen MR) is 137 cm³/mol. The monoisotopic (exact) mass is 492 g/mol. The van der Waals surface area contributed by atoms with Crippen molar-refractivity contribution in [2.75, 3.05) is 13.1 Å². The molecule has 1 N–H and O–H groups in total. The molecule has 0 bridgehead atoms. The van der Waals surface area contributed by atoms with Crippen LogP contribution in [0.1, 0.15) is 64.0 Å². The van der Waals surface area contributed by atoms with E-state index in [0.29, 0.717) is 30.6 Å². The number of hydrogen-bond donors (Lipinski definition) is 1. The van der Waals surface area contributed by atoms with E-state index in [1.165, 1.54) is 0 Å². The summed E-state index contributed by atoms with van der Waals surface area (Å²) < 4.78 is 5.56. The van der Waals surface area contributed by atoms with Crippen molar-refractivity contribution >= 4 is 18.0 Å². The second kappa shape index (κ2) is 10.3. The first-order chi connectivity index (χ1) is 17.1. The molecular formula is C29H36N2O5. The van der Waals surface area contributed by atoms with Crippen LogP contribution in [0.15, 0.2) is 60.7 Å². The minimum absolute atomic E-state index is 0.110. The van der Waals surface area contributed by atoms with Crippen molar-refractivity contribution in [1.29, 1.82) is 0 Å². The molecule has 2 atom stereocenters. The third-order valence-electron chi connectivity index (χ3n) is 7.27. The molecule has 2 fully saturated rings. The molecule has 36 heavy (non-hydrogen) atoms. The molecule has 2 aromatic rings. The maximum atomic E-state index is 13.8. The van der Waals surface area contributed by atoms with Gasteiger partial charge in [0.25, 0.3) is 0 Å². The minimum atomic E-state index is -1.30. The lowest BCUT2D eigenvalue weighted by Gasteiger charge is -2.37. The van der Waals surface area contributed by atoms with Crippen molar-refractivity contribution in [2.45, 2.75) is 76.0 Å². The molecule has 2 aliphatic rings. The van der Waals surface area contributed by atoms with Crippen molar-refractivity contribution in [2.24, 2.45) is 0 Å². The summed E-state index contributed by atoms with van der Waals surface area (Å²) in [5, 5.41) is 10.7. The standard InChI is InChI=1S/C29H36N2O5/c1-28(2,3)36-27(35)31-19-11-17-24(31)25(32)30-18-10-16-23(30)20-29(26(33)34,21-12-6-4-7-13-21)22-14-8-5-9-15-22/h4-9,12-15,23-24H,10-11,16-20H2,1-3H3,(H,33,34)/t23?,24-/m0/s1. The Morgan fingerprint density at radius 2 is 1.39 bits per heavy atom. The zero-order chi connectivity index (χ0) is 25.9. The van der Waals surface area contributed by atoms with Crippen LogP contribution in [0.4, 0.5) is 4.79 Å². The Balaban J connectivity index is 1.64. The molecule has 0 spiro atoms. The van der Waals surface area contributed by atoms with Gasteiger partial charge in [-0.05, 0) is 64.0 Å². The van der Waals surface area contributed by atoms with Crippen molar-refractivity contribution in [3.8, 4) is 0 Å². The highest BCUT2D eigenvalue weighted by Gasteiger charge is 2.48. The van der Waals surface area contributed by atoms with Gasteiger partial charge < -0.3 is 14.7 Å². The SMILES string of the molecule is CC(C)(C)OC(=O)N1CCC[C@H]1C(=O)N1CCCC1CC(C(=O)O)(c1ccccc1)c1ccccc1. The molecule has 2 amide bonds. The summed E-state index contributed by atoms with van der Waals surface area (Å²) in [5.74, 6) is -1.04. The van der Waals surface area contributed by atoms with Gasteiger partial charge in [0.2, 0.25) is 5.91 Å². The molecule has 192 valence electrons. The third kappa shape index (κ3) is 5.11. The molecule has 2 saturated heterocycles. The number of aliphatic carboxylic acids is 1. The van der Waals surface area contributed by atoms with Crippen LogP contribution >= 0.6 is 0 Å². The fourth-order valence-corrected chi connectivity index (χ4v) is 5.63. The van der Waals surface area contributed by atoms with Gasteiger partial charge in [-0.2, -0.15) is 0 Å². The first kappa shape index (κ1) is 25.7. The van der Waals surface area contributed by atoms with Crippen LogP contribution in [0.3, 0.4) is 0 Å². The second-order valence-corrected chi connectivity index (χ2v) is 10.8. The molecule has 0 aliphatic carbocycles. The Hall–Kier alpha value is -3.35. The summed E-state index contributed by atoms with van der Waals surface area (Å²) in [5.41, 5.74) is -0.551. The van der Waals surface area contributed by atoms with Gasteiger partial charge in [-0.3, -0.25) is 14.5 Å². The fourth-order valence-electron chi connectivity index (χ4n) is 5.63. The number of likely N-dealkylation sites (tertiary alicyclic amines) is 2. The smallest absolute Gasteiger partial charge is 0.410 e. The summed E-state index contributed by atoms with van der Waals surface area (Å²) in [4.78, 5) is 43.0. The number of benzene rings is 2. The number of nitrogens with zero attached hydrogens (tertiary/aromatic N) is 2. The van der Waals surface area contributed by atoms with E-state index in [2.05, 4.69) is 0 Å². The van der Waals surface area contributed by atoms with Gasteiger partial charge in [0.15, 0.2) is 0 Å².